The fourth-order valence-corrected chi connectivity index (χ4v) is 3.31. The van der Waals surface area contributed by atoms with Crippen LogP contribution in [-0.4, -0.2) is 38.9 Å². The van der Waals surface area contributed by atoms with Gasteiger partial charge >= 0.3 is 6.16 Å². The van der Waals surface area contributed by atoms with Crippen molar-refractivity contribution in [2.24, 2.45) is 5.92 Å². The molecule has 0 aromatic rings. The third-order valence-electron chi connectivity index (χ3n) is 4.89. The molecule has 1 heterocycles. The van der Waals surface area contributed by atoms with Crippen LogP contribution in [0.15, 0.2) is 0 Å². The fourth-order valence-electron chi connectivity index (χ4n) is 3.31. The SMILES string of the molecule is COC(=O)OC1(CCCCCOCCC2CCCCCC2)CO1. The molecule has 1 aliphatic heterocycles. The molecule has 5 nitrogen and oxygen atoms in total. The van der Waals surface area contributed by atoms with Gasteiger partial charge in [-0.3, -0.25) is 0 Å². The molecule has 0 amide bonds. The topological polar surface area (TPSA) is 57.3 Å². The van der Waals surface area contributed by atoms with Crippen molar-refractivity contribution in [3.05, 3.63) is 0 Å². The number of methoxy groups -OCH3 is 1. The first kappa shape index (κ1) is 18.5. The summed E-state index contributed by atoms with van der Waals surface area (Å²) in [7, 11) is 1.31. The van der Waals surface area contributed by atoms with Crippen molar-refractivity contribution in [2.75, 3.05) is 26.9 Å². The minimum absolute atomic E-state index is 0.486. The normalized spacial score (nSPS) is 24.9. The molecule has 1 atom stereocenters. The summed E-state index contributed by atoms with van der Waals surface area (Å²) in [5, 5.41) is 0. The molecule has 23 heavy (non-hydrogen) atoms. The van der Waals surface area contributed by atoms with E-state index in [1.54, 1.807) is 0 Å². The summed E-state index contributed by atoms with van der Waals surface area (Å²) in [6.07, 6.45) is 12.8. The number of carbonyl (C=O) groups excluding carboxylic acids is 1. The summed E-state index contributed by atoms with van der Waals surface area (Å²) in [6.45, 7) is 2.22. The monoisotopic (exact) mass is 328 g/mol. The van der Waals surface area contributed by atoms with Crippen molar-refractivity contribution in [1.82, 2.24) is 0 Å². The molecular formula is C18H32O5. The van der Waals surface area contributed by atoms with E-state index in [2.05, 4.69) is 4.74 Å². The molecule has 2 fully saturated rings. The molecule has 0 spiro atoms. The van der Waals surface area contributed by atoms with Gasteiger partial charge in [-0.2, -0.15) is 0 Å². The van der Waals surface area contributed by atoms with Crippen molar-refractivity contribution >= 4 is 6.16 Å². The second kappa shape index (κ2) is 10.1. The van der Waals surface area contributed by atoms with Crippen molar-refractivity contribution in [3.8, 4) is 0 Å². The van der Waals surface area contributed by atoms with E-state index in [9.17, 15) is 4.79 Å². The van der Waals surface area contributed by atoms with E-state index in [1.807, 2.05) is 0 Å². The number of rotatable bonds is 10. The van der Waals surface area contributed by atoms with Crippen LogP contribution < -0.4 is 0 Å². The van der Waals surface area contributed by atoms with E-state index in [0.29, 0.717) is 6.61 Å². The van der Waals surface area contributed by atoms with Gasteiger partial charge in [0, 0.05) is 19.6 Å². The smallest absolute Gasteiger partial charge is 0.438 e. The van der Waals surface area contributed by atoms with Gasteiger partial charge in [-0.25, -0.2) is 4.79 Å². The number of hydrogen-bond donors (Lipinski definition) is 0. The lowest BCUT2D eigenvalue weighted by molar-refractivity contribution is -0.0326. The van der Waals surface area contributed by atoms with Crippen molar-refractivity contribution in [3.63, 3.8) is 0 Å². The van der Waals surface area contributed by atoms with Gasteiger partial charge in [-0.05, 0) is 25.2 Å². The molecule has 134 valence electrons. The van der Waals surface area contributed by atoms with Crippen LogP contribution in [0.2, 0.25) is 0 Å². The number of unbranched alkanes of at least 4 members (excludes halogenated alkanes) is 2. The van der Waals surface area contributed by atoms with Gasteiger partial charge in [0.05, 0.1) is 7.11 Å². The van der Waals surface area contributed by atoms with Crippen LogP contribution in [0.4, 0.5) is 4.79 Å². The molecule has 5 heteroatoms. The van der Waals surface area contributed by atoms with Gasteiger partial charge in [0.1, 0.15) is 6.61 Å². The Labute approximate surface area is 140 Å². The maximum Gasteiger partial charge on any atom is 0.510 e. The van der Waals surface area contributed by atoms with E-state index in [0.717, 1.165) is 44.8 Å². The predicted octanol–water partition coefficient (Wildman–Crippen LogP) is 4.43. The third-order valence-corrected chi connectivity index (χ3v) is 4.89. The first-order valence-corrected chi connectivity index (χ1v) is 9.23. The Morgan fingerprint density at radius 3 is 2.48 bits per heavy atom. The molecule has 1 aliphatic carbocycles. The summed E-state index contributed by atoms with van der Waals surface area (Å²) in [4.78, 5) is 11.1. The summed E-state index contributed by atoms with van der Waals surface area (Å²) in [5.41, 5.74) is 0. The lowest BCUT2D eigenvalue weighted by atomic mass is 9.97. The number of epoxide rings is 1. The summed E-state index contributed by atoms with van der Waals surface area (Å²) < 4.78 is 20.6. The molecule has 0 radical (unpaired) electrons. The molecule has 0 aromatic carbocycles. The molecule has 0 bridgehead atoms. The second-order valence-corrected chi connectivity index (χ2v) is 6.82. The Balaban J connectivity index is 1.40. The van der Waals surface area contributed by atoms with Crippen molar-refractivity contribution in [2.45, 2.75) is 76.4 Å². The highest BCUT2D eigenvalue weighted by Crippen LogP contribution is 2.34. The largest absolute Gasteiger partial charge is 0.510 e. The number of ether oxygens (including phenoxy) is 4. The molecule has 1 saturated carbocycles. The standard InChI is InChI=1S/C18H32O5/c1-20-17(19)23-18(15-22-18)12-7-4-8-13-21-14-11-16-9-5-2-3-6-10-16/h16H,2-15H2,1H3. The molecular weight excluding hydrogens is 296 g/mol. The van der Waals surface area contributed by atoms with Gasteiger partial charge < -0.3 is 18.9 Å². The first-order valence-electron chi connectivity index (χ1n) is 9.23. The molecule has 1 unspecified atom stereocenters. The van der Waals surface area contributed by atoms with E-state index < -0.39 is 11.9 Å². The minimum atomic E-state index is -0.701. The average Bonchev–Trinajstić information content (AvgIpc) is 3.34. The average molecular weight is 328 g/mol. The lowest BCUT2D eigenvalue weighted by Crippen LogP contribution is -2.21. The van der Waals surface area contributed by atoms with E-state index in [-0.39, 0.29) is 0 Å². The lowest BCUT2D eigenvalue weighted by Gasteiger charge is -2.14. The van der Waals surface area contributed by atoms with Gasteiger partial charge in [-0.15, -0.1) is 0 Å². The summed E-state index contributed by atoms with van der Waals surface area (Å²) in [6, 6.07) is 0. The highest BCUT2D eigenvalue weighted by Gasteiger charge is 2.49. The zero-order valence-corrected chi connectivity index (χ0v) is 14.5. The van der Waals surface area contributed by atoms with E-state index >= 15 is 0 Å². The quantitative estimate of drug-likeness (QED) is 0.257. The van der Waals surface area contributed by atoms with E-state index in [1.165, 1.54) is 52.1 Å². The fraction of sp³-hybridized carbons (Fsp3) is 0.944. The van der Waals surface area contributed by atoms with Gasteiger partial charge in [0.15, 0.2) is 0 Å². The predicted molar refractivity (Wildman–Crippen MR) is 87.3 cm³/mol. The molecule has 0 aromatic heterocycles. The highest BCUT2D eigenvalue weighted by molar-refractivity contribution is 5.60. The Bertz CT molecular complexity index is 332. The zero-order chi connectivity index (χ0) is 16.4. The maximum absolute atomic E-state index is 11.1. The molecule has 2 aliphatic rings. The van der Waals surface area contributed by atoms with Crippen LogP contribution in [-0.2, 0) is 18.9 Å². The maximum atomic E-state index is 11.1. The van der Waals surface area contributed by atoms with Crippen LogP contribution >= 0.6 is 0 Å². The van der Waals surface area contributed by atoms with Crippen LogP contribution in [0.1, 0.15) is 70.6 Å². The number of hydrogen-bond acceptors (Lipinski definition) is 5. The Hall–Kier alpha value is -0.810. The second-order valence-electron chi connectivity index (χ2n) is 6.82. The van der Waals surface area contributed by atoms with Crippen LogP contribution in [0.25, 0.3) is 0 Å². The highest BCUT2D eigenvalue weighted by atomic mass is 16.8. The van der Waals surface area contributed by atoms with Crippen LogP contribution in [0.5, 0.6) is 0 Å². The molecule has 0 N–H and O–H groups in total. The van der Waals surface area contributed by atoms with Gasteiger partial charge in [0.25, 0.3) is 0 Å². The first-order chi connectivity index (χ1) is 11.2. The third kappa shape index (κ3) is 7.53. The number of carbonyl (C=O) groups is 1. The Kier molecular flexibility index (Phi) is 8.17. The minimum Gasteiger partial charge on any atom is -0.438 e. The van der Waals surface area contributed by atoms with Gasteiger partial charge in [0.2, 0.25) is 5.79 Å². The van der Waals surface area contributed by atoms with Crippen molar-refractivity contribution in [1.29, 1.82) is 0 Å². The summed E-state index contributed by atoms with van der Waals surface area (Å²) in [5.74, 6) is 0.188. The van der Waals surface area contributed by atoms with Crippen LogP contribution in [0, 0.1) is 5.92 Å². The Morgan fingerprint density at radius 2 is 1.83 bits per heavy atom. The summed E-state index contributed by atoms with van der Waals surface area (Å²) >= 11 is 0. The van der Waals surface area contributed by atoms with E-state index in [4.69, 9.17) is 14.2 Å². The zero-order valence-electron chi connectivity index (χ0n) is 14.5. The van der Waals surface area contributed by atoms with Crippen molar-refractivity contribution < 1.29 is 23.7 Å². The molecule has 1 saturated heterocycles. The van der Waals surface area contributed by atoms with Gasteiger partial charge in [-0.1, -0.05) is 44.9 Å². The Morgan fingerprint density at radius 1 is 1.09 bits per heavy atom. The molecule has 2 rings (SSSR count). The van der Waals surface area contributed by atoms with Crippen LogP contribution in [0.3, 0.4) is 0 Å².